The van der Waals surface area contributed by atoms with E-state index in [1.54, 1.807) is 0 Å². The average molecular weight is 357 g/mol. The number of hydrogen-bond acceptors (Lipinski definition) is 0. The van der Waals surface area contributed by atoms with Gasteiger partial charge in [-0.2, -0.15) is 6.08 Å². The summed E-state index contributed by atoms with van der Waals surface area (Å²) in [5.41, 5.74) is 1.37. The minimum Gasteiger partial charge on any atom is -1.00 e. The second-order valence-electron chi connectivity index (χ2n) is 2.39. The first-order valence-corrected chi connectivity index (χ1v) is 3.08. The molecule has 64 valence electrons. The van der Waals surface area contributed by atoms with Crippen molar-refractivity contribution in [2.75, 3.05) is 0 Å². The molecule has 0 heterocycles. The molecule has 0 saturated heterocycles. The Kier molecular flexibility index (Phi) is 14.7. The van der Waals surface area contributed by atoms with Gasteiger partial charge in [0.25, 0.3) is 0 Å². The summed E-state index contributed by atoms with van der Waals surface area (Å²) in [7, 11) is 0. The van der Waals surface area contributed by atoms with Crippen LogP contribution < -0.4 is 24.8 Å². The standard InChI is InChI=1S/C8H11.2ClH.Hf/c1-7(2)8-5-3-4-6-8;;;/h3,5,7H,4H2,1-2H3;2*1H;/q-1;;;/p-2. The van der Waals surface area contributed by atoms with Crippen LogP contribution in [0.25, 0.3) is 0 Å². The van der Waals surface area contributed by atoms with Crippen LogP contribution in [0.15, 0.2) is 17.7 Å². The Morgan fingerprint density at radius 1 is 1.36 bits per heavy atom. The van der Waals surface area contributed by atoms with E-state index >= 15 is 0 Å². The van der Waals surface area contributed by atoms with Crippen molar-refractivity contribution in [3.63, 3.8) is 0 Å². The van der Waals surface area contributed by atoms with Crippen LogP contribution >= 0.6 is 0 Å². The molecule has 0 amide bonds. The van der Waals surface area contributed by atoms with Crippen LogP contribution in [0.4, 0.5) is 0 Å². The van der Waals surface area contributed by atoms with Gasteiger partial charge in [0.2, 0.25) is 0 Å². The molecule has 0 bridgehead atoms. The maximum absolute atomic E-state index is 3.26. The van der Waals surface area contributed by atoms with E-state index in [1.165, 1.54) is 5.57 Å². The monoisotopic (exact) mass is 357 g/mol. The fourth-order valence-corrected chi connectivity index (χ4v) is 0.818. The number of hydrogen-bond donors (Lipinski definition) is 0. The van der Waals surface area contributed by atoms with Crippen molar-refractivity contribution in [1.29, 1.82) is 0 Å². The molecule has 0 aromatic rings. The van der Waals surface area contributed by atoms with Crippen molar-refractivity contribution < 1.29 is 50.7 Å². The van der Waals surface area contributed by atoms with Gasteiger partial charge in [0.15, 0.2) is 0 Å². The summed E-state index contributed by atoms with van der Waals surface area (Å²) in [4.78, 5) is 0. The Morgan fingerprint density at radius 2 is 1.91 bits per heavy atom. The van der Waals surface area contributed by atoms with E-state index in [9.17, 15) is 0 Å². The molecule has 0 nitrogen and oxygen atoms in total. The molecule has 0 saturated carbocycles. The Morgan fingerprint density at radius 3 is 2.09 bits per heavy atom. The zero-order chi connectivity index (χ0) is 5.98. The van der Waals surface area contributed by atoms with Gasteiger partial charge in [0, 0.05) is 25.8 Å². The third-order valence-corrected chi connectivity index (χ3v) is 1.34. The summed E-state index contributed by atoms with van der Waals surface area (Å²) in [6.07, 6.45) is 8.59. The van der Waals surface area contributed by atoms with Crippen molar-refractivity contribution in [3.8, 4) is 0 Å². The van der Waals surface area contributed by atoms with E-state index < -0.39 is 0 Å². The van der Waals surface area contributed by atoms with E-state index in [1.807, 2.05) is 0 Å². The van der Waals surface area contributed by atoms with Gasteiger partial charge in [0.05, 0.1) is 0 Å². The molecule has 0 aromatic carbocycles. The van der Waals surface area contributed by atoms with Crippen molar-refractivity contribution in [2.45, 2.75) is 20.3 Å². The van der Waals surface area contributed by atoms with Crippen LogP contribution in [0.5, 0.6) is 0 Å². The first kappa shape index (κ1) is 17.9. The van der Waals surface area contributed by atoms with E-state index in [4.69, 9.17) is 0 Å². The van der Waals surface area contributed by atoms with Gasteiger partial charge in [-0.3, -0.25) is 6.08 Å². The van der Waals surface area contributed by atoms with Crippen LogP contribution in [0.2, 0.25) is 0 Å². The molecular weight excluding hydrogens is 345 g/mol. The van der Waals surface area contributed by atoms with Gasteiger partial charge in [-0.1, -0.05) is 19.8 Å². The van der Waals surface area contributed by atoms with Crippen LogP contribution in [0.3, 0.4) is 0 Å². The van der Waals surface area contributed by atoms with Gasteiger partial charge < -0.3 is 24.8 Å². The summed E-state index contributed by atoms with van der Waals surface area (Å²) < 4.78 is 0. The van der Waals surface area contributed by atoms with E-state index in [0.29, 0.717) is 5.92 Å². The third-order valence-electron chi connectivity index (χ3n) is 1.34. The quantitative estimate of drug-likeness (QED) is 0.336. The fourth-order valence-electron chi connectivity index (χ4n) is 0.818. The first-order chi connectivity index (χ1) is 3.80. The second-order valence-corrected chi connectivity index (χ2v) is 2.39. The zero-order valence-corrected chi connectivity index (χ0v) is 11.8. The molecule has 0 atom stereocenters. The van der Waals surface area contributed by atoms with E-state index in [2.05, 4.69) is 32.1 Å². The molecule has 1 rings (SSSR count). The Balaban J connectivity index is -0.000000213. The van der Waals surface area contributed by atoms with E-state index in [0.717, 1.165) is 6.42 Å². The summed E-state index contributed by atoms with van der Waals surface area (Å²) >= 11 is 0. The first-order valence-electron chi connectivity index (χ1n) is 3.08. The maximum Gasteiger partial charge on any atom is 0 e. The Bertz CT molecular complexity index is 139. The fraction of sp³-hybridized carbons (Fsp3) is 0.500. The van der Waals surface area contributed by atoms with Gasteiger partial charge >= 0.3 is 0 Å². The van der Waals surface area contributed by atoms with Gasteiger partial charge in [-0.05, 0) is 0 Å². The van der Waals surface area contributed by atoms with Crippen molar-refractivity contribution in [2.24, 2.45) is 5.92 Å². The number of allylic oxidation sites excluding steroid dienone is 4. The Hall–Kier alpha value is 0.930. The van der Waals surface area contributed by atoms with Gasteiger partial charge in [-0.25, -0.2) is 11.6 Å². The molecule has 0 radical (unpaired) electrons. The zero-order valence-electron chi connectivity index (χ0n) is 6.70. The normalized spacial score (nSPS) is 12.8. The van der Waals surface area contributed by atoms with Crippen LogP contribution in [-0.2, 0) is 25.8 Å². The predicted octanol–water partition coefficient (Wildman–Crippen LogP) is -3.66. The molecule has 0 N–H and O–H groups in total. The summed E-state index contributed by atoms with van der Waals surface area (Å²) in [6.45, 7) is 4.38. The van der Waals surface area contributed by atoms with Gasteiger partial charge in [0.1, 0.15) is 0 Å². The van der Waals surface area contributed by atoms with Gasteiger partial charge in [-0.15, -0.1) is 6.42 Å². The van der Waals surface area contributed by atoms with Crippen molar-refractivity contribution in [3.05, 3.63) is 23.8 Å². The molecule has 0 spiro atoms. The SMILES string of the molecule is CC(C)C1=[C-]CC=C1.[Cl-].[Cl-].[Hf]. The molecular formula is C8H11Cl2Hf-3. The van der Waals surface area contributed by atoms with Crippen LogP contribution in [0.1, 0.15) is 20.3 Å². The predicted molar refractivity (Wildman–Crippen MR) is 35.4 cm³/mol. The van der Waals surface area contributed by atoms with Crippen molar-refractivity contribution in [1.82, 2.24) is 0 Å². The summed E-state index contributed by atoms with van der Waals surface area (Å²) in [6, 6.07) is 0. The molecule has 1 aliphatic carbocycles. The second kappa shape index (κ2) is 9.02. The molecule has 0 aliphatic heterocycles. The van der Waals surface area contributed by atoms with Crippen LogP contribution in [0, 0.1) is 12.0 Å². The maximum atomic E-state index is 3.26. The minimum atomic E-state index is 0. The molecule has 11 heavy (non-hydrogen) atoms. The molecule has 1 aliphatic rings. The summed E-state index contributed by atoms with van der Waals surface area (Å²) in [5, 5.41) is 0. The minimum absolute atomic E-state index is 0. The third kappa shape index (κ3) is 6.12. The summed E-state index contributed by atoms with van der Waals surface area (Å²) in [5.74, 6) is 0.661. The average Bonchev–Trinajstić information content (AvgIpc) is 2.12. The molecule has 0 fully saturated rings. The number of rotatable bonds is 1. The van der Waals surface area contributed by atoms with E-state index in [-0.39, 0.29) is 50.7 Å². The molecule has 3 heteroatoms. The topological polar surface area (TPSA) is 0 Å². The molecule has 0 unspecified atom stereocenters. The van der Waals surface area contributed by atoms with Crippen LogP contribution in [-0.4, -0.2) is 0 Å². The smallest absolute Gasteiger partial charge is 0 e. The number of halogens is 2. The van der Waals surface area contributed by atoms with Crippen molar-refractivity contribution >= 4 is 0 Å². The largest absolute Gasteiger partial charge is 1.00 e. The molecule has 0 aromatic heterocycles. The Labute approximate surface area is 100 Å².